The summed E-state index contributed by atoms with van der Waals surface area (Å²) in [6.07, 6.45) is 0. The minimum absolute atomic E-state index is 0.381. The third-order valence-electron chi connectivity index (χ3n) is 2.97. The van der Waals surface area contributed by atoms with E-state index in [1.807, 2.05) is 22.9 Å². The molecule has 2 aromatic heterocycles. The molecule has 0 radical (unpaired) electrons. The zero-order valence-corrected chi connectivity index (χ0v) is 14.8. The average Bonchev–Trinajstić information content (AvgIpc) is 3.07. The van der Waals surface area contributed by atoms with Crippen LogP contribution in [-0.4, -0.2) is 25.8 Å². The van der Waals surface area contributed by atoms with Gasteiger partial charge in [0.1, 0.15) is 4.21 Å². The fourth-order valence-electron chi connectivity index (χ4n) is 1.76. The minimum Gasteiger partial charge on any atom is -0.310 e. The molecule has 0 spiro atoms. The van der Waals surface area contributed by atoms with Crippen molar-refractivity contribution in [1.29, 1.82) is 0 Å². The summed E-state index contributed by atoms with van der Waals surface area (Å²) in [6.45, 7) is 5.24. The molecule has 0 amide bonds. The highest BCUT2D eigenvalue weighted by Gasteiger charge is 2.23. The van der Waals surface area contributed by atoms with Crippen molar-refractivity contribution in [3.63, 3.8) is 0 Å². The van der Waals surface area contributed by atoms with Gasteiger partial charge in [0.2, 0.25) is 0 Å². The lowest BCUT2D eigenvalue weighted by Crippen LogP contribution is -2.25. The number of nitrogens with zero attached hydrogens (tertiary/aromatic N) is 1. The maximum atomic E-state index is 12.5. The van der Waals surface area contributed by atoms with Gasteiger partial charge in [0.25, 0.3) is 10.0 Å². The third kappa shape index (κ3) is 4.37. The highest BCUT2D eigenvalue weighted by molar-refractivity contribution is 7.91. The molecular weight excluding hydrogens is 324 g/mol. The van der Waals surface area contributed by atoms with Crippen LogP contribution in [0.15, 0.2) is 33.2 Å². The van der Waals surface area contributed by atoms with Crippen LogP contribution in [0, 0.1) is 0 Å². The van der Waals surface area contributed by atoms with E-state index < -0.39 is 10.0 Å². The minimum atomic E-state index is -3.40. The molecule has 21 heavy (non-hydrogen) atoms. The molecule has 0 fully saturated rings. The molecule has 0 bridgehead atoms. The van der Waals surface area contributed by atoms with Gasteiger partial charge in [0, 0.05) is 31.1 Å². The number of thiophene rings is 2. The van der Waals surface area contributed by atoms with Gasteiger partial charge in [-0.2, -0.15) is 4.31 Å². The fourth-order valence-corrected chi connectivity index (χ4v) is 5.17. The second kappa shape index (κ2) is 7.02. The van der Waals surface area contributed by atoms with Gasteiger partial charge >= 0.3 is 0 Å². The van der Waals surface area contributed by atoms with Crippen molar-refractivity contribution in [2.24, 2.45) is 0 Å². The van der Waals surface area contributed by atoms with Crippen LogP contribution in [-0.2, 0) is 23.1 Å². The summed E-state index contributed by atoms with van der Waals surface area (Å²) < 4.78 is 26.9. The second-order valence-electron chi connectivity index (χ2n) is 5.15. The van der Waals surface area contributed by atoms with E-state index in [0.29, 0.717) is 23.3 Å². The Kier molecular flexibility index (Phi) is 5.56. The van der Waals surface area contributed by atoms with Gasteiger partial charge in [-0.25, -0.2) is 8.42 Å². The topological polar surface area (TPSA) is 49.4 Å². The van der Waals surface area contributed by atoms with E-state index in [0.717, 1.165) is 10.4 Å². The molecule has 2 rings (SSSR count). The van der Waals surface area contributed by atoms with Crippen LogP contribution in [0.5, 0.6) is 0 Å². The molecule has 116 valence electrons. The molecule has 0 aromatic carbocycles. The van der Waals surface area contributed by atoms with Crippen LogP contribution < -0.4 is 5.32 Å². The van der Waals surface area contributed by atoms with Crippen molar-refractivity contribution in [1.82, 2.24) is 9.62 Å². The van der Waals surface area contributed by atoms with Gasteiger partial charge in [-0.1, -0.05) is 19.9 Å². The van der Waals surface area contributed by atoms with E-state index in [1.54, 1.807) is 24.5 Å². The smallest absolute Gasteiger partial charge is 0.252 e. The maximum absolute atomic E-state index is 12.5. The van der Waals surface area contributed by atoms with Crippen molar-refractivity contribution in [3.8, 4) is 0 Å². The molecule has 0 aliphatic heterocycles. The molecule has 0 saturated heterocycles. The second-order valence-corrected chi connectivity index (χ2v) is 9.37. The normalized spacial score (nSPS) is 12.4. The number of nitrogens with one attached hydrogen (secondary N) is 1. The predicted octanol–water partition coefficient (Wildman–Crippen LogP) is 3.13. The quantitative estimate of drug-likeness (QED) is 0.839. The van der Waals surface area contributed by atoms with E-state index in [-0.39, 0.29) is 0 Å². The number of rotatable bonds is 7. The van der Waals surface area contributed by atoms with E-state index in [1.165, 1.54) is 15.6 Å². The summed E-state index contributed by atoms with van der Waals surface area (Å²) in [6, 6.07) is 6.02. The highest BCUT2D eigenvalue weighted by Crippen LogP contribution is 2.25. The molecule has 0 atom stereocenters. The Balaban J connectivity index is 2.08. The zero-order chi connectivity index (χ0) is 15.5. The van der Waals surface area contributed by atoms with Crippen molar-refractivity contribution in [2.75, 3.05) is 7.05 Å². The lowest BCUT2D eigenvalue weighted by molar-refractivity contribution is 0.471. The van der Waals surface area contributed by atoms with Crippen molar-refractivity contribution < 1.29 is 8.42 Å². The average molecular weight is 345 g/mol. The molecule has 2 aromatic rings. The molecule has 0 saturated carbocycles. The van der Waals surface area contributed by atoms with Gasteiger partial charge in [0.15, 0.2) is 0 Å². The Hall–Kier alpha value is -0.730. The van der Waals surface area contributed by atoms with Crippen molar-refractivity contribution in [3.05, 3.63) is 39.4 Å². The van der Waals surface area contributed by atoms with Crippen molar-refractivity contribution >= 4 is 32.7 Å². The van der Waals surface area contributed by atoms with Crippen LogP contribution >= 0.6 is 22.7 Å². The molecule has 0 aliphatic rings. The first kappa shape index (κ1) is 16.6. The van der Waals surface area contributed by atoms with Crippen LogP contribution in [0.3, 0.4) is 0 Å². The Bertz CT molecular complexity index is 660. The number of sulfonamides is 1. The summed E-state index contributed by atoms with van der Waals surface area (Å²) >= 11 is 2.85. The summed E-state index contributed by atoms with van der Waals surface area (Å²) in [5.74, 6) is 0. The standard InChI is InChI=1S/C14H20N2O2S3/c1-11(2)15-8-12-7-14(20-10-12)21(17,18)16(3)9-13-5-4-6-19-13/h4-7,10-11,15H,8-9H2,1-3H3. The zero-order valence-electron chi connectivity index (χ0n) is 12.4. The first-order valence-corrected chi connectivity index (χ1v) is 9.89. The van der Waals surface area contributed by atoms with E-state index in [2.05, 4.69) is 19.2 Å². The lowest BCUT2D eigenvalue weighted by Gasteiger charge is -2.14. The van der Waals surface area contributed by atoms with Gasteiger partial charge in [0.05, 0.1) is 0 Å². The van der Waals surface area contributed by atoms with Gasteiger partial charge in [-0.3, -0.25) is 0 Å². The Morgan fingerprint density at radius 2 is 2.10 bits per heavy atom. The van der Waals surface area contributed by atoms with Gasteiger partial charge < -0.3 is 5.32 Å². The number of hydrogen-bond acceptors (Lipinski definition) is 5. The molecule has 0 aliphatic carbocycles. The predicted molar refractivity (Wildman–Crippen MR) is 89.3 cm³/mol. The van der Waals surface area contributed by atoms with E-state index in [9.17, 15) is 8.42 Å². The SMILES string of the molecule is CC(C)NCc1csc(S(=O)(=O)N(C)Cc2cccs2)c1. The molecule has 7 heteroatoms. The molecule has 0 unspecified atom stereocenters. The summed E-state index contributed by atoms with van der Waals surface area (Å²) in [4.78, 5) is 1.04. The summed E-state index contributed by atoms with van der Waals surface area (Å²) in [5, 5.41) is 7.15. The molecule has 4 nitrogen and oxygen atoms in total. The van der Waals surface area contributed by atoms with Crippen LogP contribution in [0.2, 0.25) is 0 Å². The van der Waals surface area contributed by atoms with E-state index >= 15 is 0 Å². The molecular formula is C14H20N2O2S3. The van der Waals surface area contributed by atoms with E-state index in [4.69, 9.17) is 0 Å². The fraction of sp³-hybridized carbons (Fsp3) is 0.429. The third-order valence-corrected chi connectivity index (χ3v) is 7.10. The van der Waals surface area contributed by atoms with Crippen LogP contribution in [0.25, 0.3) is 0 Å². The van der Waals surface area contributed by atoms with Gasteiger partial charge in [-0.05, 0) is 28.5 Å². The molecule has 2 heterocycles. The lowest BCUT2D eigenvalue weighted by atomic mass is 10.3. The first-order chi connectivity index (χ1) is 9.89. The van der Waals surface area contributed by atoms with Crippen LogP contribution in [0.1, 0.15) is 24.3 Å². The maximum Gasteiger partial charge on any atom is 0.252 e. The molecule has 1 N–H and O–H groups in total. The Morgan fingerprint density at radius 3 is 2.71 bits per heavy atom. The van der Waals surface area contributed by atoms with Gasteiger partial charge in [-0.15, -0.1) is 22.7 Å². The number of hydrogen-bond donors (Lipinski definition) is 1. The highest BCUT2D eigenvalue weighted by atomic mass is 32.2. The monoisotopic (exact) mass is 344 g/mol. The Morgan fingerprint density at radius 1 is 1.33 bits per heavy atom. The van der Waals surface area contributed by atoms with Crippen molar-refractivity contribution in [2.45, 2.75) is 37.2 Å². The summed E-state index contributed by atoms with van der Waals surface area (Å²) in [5.41, 5.74) is 1.01. The Labute approximate surface area is 134 Å². The largest absolute Gasteiger partial charge is 0.310 e. The summed E-state index contributed by atoms with van der Waals surface area (Å²) in [7, 11) is -1.78. The van der Waals surface area contributed by atoms with Crippen LogP contribution in [0.4, 0.5) is 0 Å². The first-order valence-electron chi connectivity index (χ1n) is 6.69.